The normalized spacial score (nSPS) is 10.7. The minimum absolute atomic E-state index is 0.0723. The number of esters is 1. The molecule has 8 heteroatoms. The molecule has 0 fully saturated rings. The Labute approximate surface area is 180 Å². The first kappa shape index (κ1) is 21.1. The lowest BCUT2D eigenvalue weighted by Crippen LogP contribution is -2.05. The van der Waals surface area contributed by atoms with E-state index in [0.29, 0.717) is 33.6 Å². The van der Waals surface area contributed by atoms with Crippen LogP contribution in [0.1, 0.15) is 11.1 Å². The van der Waals surface area contributed by atoms with Crippen molar-refractivity contribution in [2.75, 3.05) is 13.7 Å². The van der Waals surface area contributed by atoms with E-state index >= 15 is 0 Å². The Balaban J connectivity index is 1.69. The number of nitriles is 1. The van der Waals surface area contributed by atoms with E-state index in [1.807, 2.05) is 12.1 Å². The summed E-state index contributed by atoms with van der Waals surface area (Å²) in [5.74, 6) is 0.298. The molecule has 0 saturated heterocycles. The topological polar surface area (TPSA) is 98.8 Å². The average Bonchev–Trinajstić information content (AvgIpc) is 2.74. The molecule has 0 saturated carbocycles. The van der Waals surface area contributed by atoms with Gasteiger partial charge in [0, 0.05) is 27.6 Å². The number of methoxy groups -OCH3 is 1. The summed E-state index contributed by atoms with van der Waals surface area (Å²) in [5.41, 5.74) is 1.12. The lowest BCUT2D eigenvalue weighted by Gasteiger charge is -2.09. The summed E-state index contributed by atoms with van der Waals surface area (Å²) < 4.78 is 21.7. The summed E-state index contributed by atoms with van der Waals surface area (Å²) in [6.45, 7) is -0.168. The number of hydrogen-bond donors (Lipinski definition) is 0. The van der Waals surface area contributed by atoms with E-state index in [1.165, 1.54) is 19.3 Å². The number of carbonyl (C=O) groups excluding carboxylic acids is 1. The summed E-state index contributed by atoms with van der Waals surface area (Å²) in [6.07, 6.45) is 2.84. The molecule has 7 nitrogen and oxygen atoms in total. The molecule has 3 aromatic rings. The molecule has 0 atom stereocenters. The molecule has 0 aliphatic rings. The Morgan fingerprint density at radius 1 is 1.20 bits per heavy atom. The fourth-order valence-corrected chi connectivity index (χ4v) is 3.04. The molecule has 0 bridgehead atoms. The second-order valence-corrected chi connectivity index (χ2v) is 6.94. The highest BCUT2D eigenvalue weighted by molar-refractivity contribution is 9.10. The highest BCUT2D eigenvalue weighted by atomic mass is 79.9. The van der Waals surface area contributed by atoms with Gasteiger partial charge >= 0.3 is 11.6 Å². The van der Waals surface area contributed by atoms with Crippen LogP contribution in [0.4, 0.5) is 0 Å². The molecule has 0 radical (unpaired) electrons. The Morgan fingerprint density at radius 3 is 2.80 bits per heavy atom. The maximum Gasteiger partial charge on any atom is 0.336 e. The first-order valence-corrected chi connectivity index (χ1v) is 9.54. The van der Waals surface area contributed by atoms with Gasteiger partial charge in [-0.05, 0) is 42.0 Å². The van der Waals surface area contributed by atoms with Gasteiger partial charge in [0.2, 0.25) is 0 Å². The van der Waals surface area contributed by atoms with Gasteiger partial charge in [-0.15, -0.1) is 0 Å². The zero-order valence-electron chi connectivity index (χ0n) is 15.9. The van der Waals surface area contributed by atoms with Gasteiger partial charge in [0.15, 0.2) is 18.1 Å². The number of fused-ring (bicyclic) bond motifs is 1. The third-order valence-electron chi connectivity index (χ3n) is 4.05. The van der Waals surface area contributed by atoms with Crippen molar-refractivity contribution in [2.45, 2.75) is 6.61 Å². The van der Waals surface area contributed by atoms with Crippen LogP contribution in [0, 0.1) is 11.3 Å². The first-order valence-electron chi connectivity index (χ1n) is 8.75. The molecule has 3 rings (SSSR count). The van der Waals surface area contributed by atoms with Crippen LogP contribution in [0.15, 0.2) is 62.2 Å². The monoisotopic (exact) mass is 469 g/mol. The molecule has 0 aliphatic carbocycles. The number of nitrogens with zero attached hydrogens (tertiary/aromatic N) is 1. The van der Waals surface area contributed by atoms with Crippen molar-refractivity contribution < 1.29 is 23.4 Å². The van der Waals surface area contributed by atoms with E-state index in [9.17, 15) is 9.59 Å². The highest BCUT2D eigenvalue weighted by Crippen LogP contribution is 2.28. The molecule has 1 aromatic heterocycles. The highest BCUT2D eigenvalue weighted by Gasteiger charge is 2.09. The van der Waals surface area contributed by atoms with Gasteiger partial charge in [0.05, 0.1) is 7.11 Å². The van der Waals surface area contributed by atoms with Crippen LogP contribution >= 0.6 is 15.9 Å². The zero-order valence-corrected chi connectivity index (χ0v) is 17.5. The van der Waals surface area contributed by atoms with Crippen molar-refractivity contribution >= 4 is 38.9 Å². The molecule has 1 heterocycles. The van der Waals surface area contributed by atoms with Crippen LogP contribution in [-0.4, -0.2) is 19.7 Å². The van der Waals surface area contributed by atoms with Crippen LogP contribution in [0.5, 0.6) is 11.5 Å². The molecule has 0 N–H and O–H groups in total. The molecule has 152 valence electrons. The van der Waals surface area contributed by atoms with Crippen LogP contribution in [0.2, 0.25) is 0 Å². The standard InChI is InChI=1S/C22H16BrNO6/c1-27-20-10-14(2-6-18(20)28-9-8-24)3-7-21(25)29-13-15-11-22(26)30-19-12-16(23)4-5-17(15)19/h2-7,10-12H,9,13H2,1H3/b7-3+. The summed E-state index contributed by atoms with van der Waals surface area (Å²) >= 11 is 3.33. The number of rotatable bonds is 7. The SMILES string of the molecule is COc1cc(/C=C/C(=O)OCc2cc(=O)oc3cc(Br)ccc23)ccc1OCC#N. The van der Waals surface area contributed by atoms with Crippen molar-refractivity contribution in [3.05, 3.63) is 74.6 Å². The van der Waals surface area contributed by atoms with Gasteiger partial charge in [-0.25, -0.2) is 9.59 Å². The van der Waals surface area contributed by atoms with Crippen LogP contribution < -0.4 is 15.1 Å². The fourth-order valence-electron chi connectivity index (χ4n) is 2.70. The second kappa shape index (κ2) is 9.76. The van der Waals surface area contributed by atoms with Crippen molar-refractivity contribution in [1.82, 2.24) is 0 Å². The van der Waals surface area contributed by atoms with Crippen molar-refractivity contribution in [1.29, 1.82) is 5.26 Å². The summed E-state index contributed by atoms with van der Waals surface area (Å²) in [5, 5.41) is 9.29. The lowest BCUT2D eigenvalue weighted by atomic mass is 10.1. The van der Waals surface area contributed by atoms with Crippen LogP contribution in [-0.2, 0) is 16.1 Å². The molecular weight excluding hydrogens is 454 g/mol. The molecule has 0 unspecified atom stereocenters. The van der Waals surface area contributed by atoms with Crippen molar-refractivity contribution in [3.63, 3.8) is 0 Å². The maximum atomic E-state index is 12.1. The van der Waals surface area contributed by atoms with Crippen LogP contribution in [0.3, 0.4) is 0 Å². The Kier molecular flexibility index (Phi) is 6.88. The molecule has 2 aromatic carbocycles. The summed E-state index contributed by atoms with van der Waals surface area (Å²) in [6, 6.07) is 13.5. The largest absolute Gasteiger partial charge is 0.493 e. The van der Waals surface area contributed by atoms with E-state index < -0.39 is 11.6 Å². The molecular formula is C22H16BrNO6. The lowest BCUT2D eigenvalue weighted by molar-refractivity contribution is -0.138. The number of ether oxygens (including phenoxy) is 3. The van der Waals surface area contributed by atoms with Gasteiger partial charge in [-0.1, -0.05) is 22.0 Å². The second-order valence-electron chi connectivity index (χ2n) is 6.03. The number of benzene rings is 2. The van der Waals surface area contributed by atoms with Crippen molar-refractivity contribution in [2.24, 2.45) is 0 Å². The number of hydrogen-bond acceptors (Lipinski definition) is 7. The minimum atomic E-state index is -0.572. The molecule has 0 amide bonds. The van der Waals surface area contributed by atoms with Crippen molar-refractivity contribution in [3.8, 4) is 17.6 Å². The predicted octanol–water partition coefficient (Wildman–Crippen LogP) is 4.22. The minimum Gasteiger partial charge on any atom is -0.493 e. The number of halogens is 1. The van der Waals surface area contributed by atoms with Gasteiger partial charge in [0.1, 0.15) is 18.3 Å². The molecule has 30 heavy (non-hydrogen) atoms. The predicted molar refractivity (Wildman–Crippen MR) is 113 cm³/mol. The zero-order chi connectivity index (χ0) is 21.5. The van der Waals surface area contributed by atoms with E-state index in [-0.39, 0.29) is 13.2 Å². The van der Waals surface area contributed by atoms with Gasteiger partial charge < -0.3 is 18.6 Å². The first-order chi connectivity index (χ1) is 14.5. The van der Waals surface area contributed by atoms with Crippen LogP contribution in [0.25, 0.3) is 17.0 Å². The van der Waals surface area contributed by atoms with Gasteiger partial charge in [-0.2, -0.15) is 5.26 Å². The van der Waals surface area contributed by atoms with E-state index in [1.54, 1.807) is 36.4 Å². The van der Waals surface area contributed by atoms with Gasteiger partial charge in [0.25, 0.3) is 0 Å². The Hall–Kier alpha value is -3.57. The van der Waals surface area contributed by atoms with Gasteiger partial charge in [-0.3, -0.25) is 0 Å². The van der Waals surface area contributed by atoms with E-state index in [4.69, 9.17) is 23.9 Å². The average molecular weight is 470 g/mol. The molecule has 0 aliphatic heterocycles. The summed E-state index contributed by atoms with van der Waals surface area (Å²) in [4.78, 5) is 23.9. The third kappa shape index (κ3) is 5.27. The van der Waals surface area contributed by atoms with E-state index in [2.05, 4.69) is 15.9 Å². The quantitative estimate of drug-likeness (QED) is 0.290. The Bertz CT molecular complexity index is 1210. The smallest absolute Gasteiger partial charge is 0.336 e. The van der Waals surface area contributed by atoms with E-state index in [0.717, 1.165) is 4.47 Å². The fraction of sp³-hybridized carbons (Fsp3) is 0.136. The maximum absolute atomic E-state index is 12.1. The summed E-state index contributed by atoms with van der Waals surface area (Å²) in [7, 11) is 1.48. The Morgan fingerprint density at radius 2 is 2.03 bits per heavy atom. The molecule has 0 spiro atoms. The number of carbonyl (C=O) groups is 1. The third-order valence-corrected chi connectivity index (χ3v) is 4.55.